The average molecular weight is 192 g/mol. The Balaban J connectivity index is 2.42. The fourth-order valence-corrected chi connectivity index (χ4v) is 0.941. The minimum atomic E-state index is -0.533. The van der Waals surface area contributed by atoms with Gasteiger partial charge in [-0.2, -0.15) is 0 Å². The molecular weight excluding hydrogens is 180 g/mol. The van der Waals surface area contributed by atoms with Gasteiger partial charge in [-0.1, -0.05) is 30.3 Å². The third-order valence-corrected chi connectivity index (χ3v) is 1.55. The van der Waals surface area contributed by atoms with Crippen LogP contribution in [0.15, 0.2) is 42.2 Å². The topological polar surface area (TPSA) is 46.5 Å². The molecular formula is C11H12O3. The van der Waals surface area contributed by atoms with E-state index >= 15 is 0 Å². The smallest absolute Gasteiger partial charge is 0.334 e. The third kappa shape index (κ3) is 3.76. The van der Waals surface area contributed by atoms with Gasteiger partial charge in [0.1, 0.15) is 6.61 Å². The fourth-order valence-electron chi connectivity index (χ4n) is 0.941. The van der Waals surface area contributed by atoms with Gasteiger partial charge in [0.15, 0.2) is 0 Å². The van der Waals surface area contributed by atoms with Crippen LogP contribution in [0.1, 0.15) is 12.5 Å². The zero-order valence-electron chi connectivity index (χ0n) is 7.93. The van der Waals surface area contributed by atoms with Crippen molar-refractivity contribution in [3.8, 4) is 0 Å². The molecule has 0 fully saturated rings. The minimum absolute atomic E-state index is 0.0527. The van der Waals surface area contributed by atoms with Crippen LogP contribution in [0.4, 0.5) is 0 Å². The molecule has 1 rings (SSSR count). The summed E-state index contributed by atoms with van der Waals surface area (Å²) in [4.78, 5) is 11.0. The summed E-state index contributed by atoms with van der Waals surface area (Å²) >= 11 is 0. The lowest BCUT2D eigenvalue weighted by Gasteiger charge is -2.01. The molecule has 0 amide bonds. The van der Waals surface area contributed by atoms with Crippen LogP contribution >= 0.6 is 0 Å². The third-order valence-electron chi connectivity index (χ3n) is 1.55. The van der Waals surface area contributed by atoms with E-state index in [0.717, 1.165) is 11.6 Å². The minimum Gasteiger partial charge on any atom is -0.512 e. The van der Waals surface area contributed by atoms with E-state index < -0.39 is 5.97 Å². The van der Waals surface area contributed by atoms with Gasteiger partial charge in [0, 0.05) is 0 Å². The first-order chi connectivity index (χ1) is 6.68. The van der Waals surface area contributed by atoms with Gasteiger partial charge < -0.3 is 9.84 Å². The normalized spacial score (nSPS) is 11.1. The Bertz CT molecular complexity index is 324. The van der Waals surface area contributed by atoms with Crippen molar-refractivity contribution in [2.75, 3.05) is 0 Å². The summed E-state index contributed by atoms with van der Waals surface area (Å²) < 4.78 is 4.86. The summed E-state index contributed by atoms with van der Waals surface area (Å²) in [6.07, 6.45) is 1.04. The number of aliphatic hydroxyl groups is 1. The predicted octanol–water partition coefficient (Wildman–Crippen LogP) is 2.19. The molecule has 0 saturated carbocycles. The first-order valence-corrected chi connectivity index (χ1v) is 4.26. The number of allylic oxidation sites excluding steroid dienone is 1. The molecule has 0 aromatic heterocycles. The number of esters is 1. The monoisotopic (exact) mass is 192 g/mol. The van der Waals surface area contributed by atoms with Crippen LogP contribution in [0, 0.1) is 0 Å². The number of rotatable bonds is 3. The highest BCUT2D eigenvalue weighted by atomic mass is 16.5. The van der Waals surface area contributed by atoms with Crippen molar-refractivity contribution < 1.29 is 14.6 Å². The summed E-state index contributed by atoms with van der Waals surface area (Å²) in [5.74, 6) is -0.586. The van der Waals surface area contributed by atoms with Crippen molar-refractivity contribution in [1.29, 1.82) is 0 Å². The molecule has 0 saturated heterocycles. The lowest BCUT2D eigenvalue weighted by Crippen LogP contribution is -2.01. The van der Waals surface area contributed by atoms with E-state index in [1.54, 1.807) is 0 Å². The van der Waals surface area contributed by atoms with Crippen molar-refractivity contribution in [3.05, 3.63) is 47.7 Å². The molecule has 0 atom stereocenters. The number of ether oxygens (including phenoxy) is 1. The maximum absolute atomic E-state index is 11.0. The van der Waals surface area contributed by atoms with Gasteiger partial charge in [-0.05, 0) is 12.5 Å². The quantitative estimate of drug-likeness (QED) is 0.453. The molecule has 3 heteroatoms. The first-order valence-electron chi connectivity index (χ1n) is 4.26. The molecule has 14 heavy (non-hydrogen) atoms. The number of hydrogen-bond acceptors (Lipinski definition) is 3. The maximum Gasteiger partial charge on any atom is 0.334 e. The van der Waals surface area contributed by atoms with Gasteiger partial charge in [-0.3, -0.25) is 0 Å². The maximum atomic E-state index is 11.0. The number of aliphatic hydroxyl groups excluding tert-OH is 1. The molecule has 3 nitrogen and oxygen atoms in total. The van der Waals surface area contributed by atoms with Gasteiger partial charge in [-0.25, -0.2) is 4.79 Å². The predicted molar refractivity (Wildman–Crippen MR) is 52.6 cm³/mol. The Kier molecular flexibility index (Phi) is 3.73. The standard InChI is InChI=1S/C11H12O3/c1-9(12)7-11(13)14-8-10-5-3-2-4-6-10/h2-7,12H,8H2,1H3/b9-7+. The van der Waals surface area contributed by atoms with Gasteiger partial charge in [0.2, 0.25) is 0 Å². The van der Waals surface area contributed by atoms with Gasteiger partial charge in [0.25, 0.3) is 0 Å². The lowest BCUT2D eigenvalue weighted by molar-refractivity contribution is -0.139. The lowest BCUT2D eigenvalue weighted by atomic mass is 10.2. The van der Waals surface area contributed by atoms with Crippen LogP contribution in [-0.2, 0) is 16.1 Å². The van der Waals surface area contributed by atoms with E-state index in [2.05, 4.69) is 0 Å². The largest absolute Gasteiger partial charge is 0.512 e. The van der Waals surface area contributed by atoms with E-state index in [-0.39, 0.29) is 12.4 Å². The molecule has 0 aliphatic rings. The zero-order chi connectivity index (χ0) is 10.4. The van der Waals surface area contributed by atoms with Crippen LogP contribution < -0.4 is 0 Å². The van der Waals surface area contributed by atoms with Crippen molar-refractivity contribution in [2.24, 2.45) is 0 Å². The molecule has 1 N–H and O–H groups in total. The second-order valence-corrected chi connectivity index (χ2v) is 2.88. The molecule has 0 spiro atoms. The number of hydrogen-bond donors (Lipinski definition) is 1. The highest BCUT2D eigenvalue weighted by molar-refractivity contribution is 5.82. The van der Waals surface area contributed by atoms with Crippen LogP contribution in [-0.4, -0.2) is 11.1 Å². The Labute approximate surface area is 82.6 Å². The summed E-state index contributed by atoms with van der Waals surface area (Å²) in [7, 11) is 0. The molecule has 0 unspecified atom stereocenters. The molecule has 0 radical (unpaired) electrons. The Hall–Kier alpha value is -1.77. The van der Waals surface area contributed by atoms with E-state index in [4.69, 9.17) is 9.84 Å². The molecule has 1 aromatic carbocycles. The summed E-state index contributed by atoms with van der Waals surface area (Å²) in [5.41, 5.74) is 0.921. The van der Waals surface area contributed by atoms with E-state index in [1.807, 2.05) is 30.3 Å². The second-order valence-electron chi connectivity index (χ2n) is 2.88. The van der Waals surface area contributed by atoms with Gasteiger partial charge >= 0.3 is 5.97 Å². The molecule has 0 aliphatic heterocycles. The van der Waals surface area contributed by atoms with E-state index in [1.165, 1.54) is 6.92 Å². The molecule has 0 bridgehead atoms. The van der Waals surface area contributed by atoms with Crippen molar-refractivity contribution >= 4 is 5.97 Å². The van der Waals surface area contributed by atoms with Crippen molar-refractivity contribution in [2.45, 2.75) is 13.5 Å². The van der Waals surface area contributed by atoms with Crippen LogP contribution in [0.3, 0.4) is 0 Å². The Morgan fingerprint density at radius 2 is 2.07 bits per heavy atom. The average Bonchev–Trinajstić information content (AvgIpc) is 2.15. The number of carbonyl (C=O) groups excluding carboxylic acids is 1. The summed E-state index contributed by atoms with van der Waals surface area (Å²) in [5, 5.41) is 8.78. The zero-order valence-corrected chi connectivity index (χ0v) is 7.93. The van der Waals surface area contributed by atoms with Crippen molar-refractivity contribution in [3.63, 3.8) is 0 Å². The second kappa shape index (κ2) is 5.07. The van der Waals surface area contributed by atoms with Crippen LogP contribution in [0.25, 0.3) is 0 Å². The highest BCUT2D eigenvalue weighted by Crippen LogP contribution is 2.01. The van der Waals surface area contributed by atoms with Gasteiger partial charge in [0.05, 0.1) is 11.8 Å². The summed E-state index contributed by atoms with van der Waals surface area (Å²) in [6, 6.07) is 9.36. The molecule has 74 valence electrons. The fraction of sp³-hybridized carbons (Fsp3) is 0.182. The highest BCUT2D eigenvalue weighted by Gasteiger charge is 1.99. The number of benzene rings is 1. The molecule has 0 aliphatic carbocycles. The SMILES string of the molecule is C/C(O)=C\C(=O)OCc1ccccc1. The molecule has 1 aromatic rings. The van der Waals surface area contributed by atoms with Crippen molar-refractivity contribution in [1.82, 2.24) is 0 Å². The first kappa shape index (κ1) is 10.3. The molecule has 0 heterocycles. The van der Waals surface area contributed by atoms with Crippen LogP contribution in [0.2, 0.25) is 0 Å². The Morgan fingerprint density at radius 3 is 2.64 bits per heavy atom. The van der Waals surface area contributed by atoms with Gasteiger partial charge in [-0.15, -0.1) is 0 Å². The number of carbonyl (C=O) groups is 1. The van der Waals surface area contributed by atoms with Crippen LogP contribution in [0.5, 0.6) is 0 Å². The summed E-state index contributed by atoms with van der Waals surface area (Å²) in [6.45, 7) is 1.65. The Morgan fingerprint density at radius 1 is 1.43 bits per heavy atom. The van der Waals surface area contributed by atoms with E-state index in [9.17, 15) is 4.79 Å². The van der Waals surface area contributed by atoms with E-state index in [0.29, 0.717) is 0 Å².